The van der Waals surface area contributed by atoms with E-state index in [-0.39, 0.29) is 0 Å². The lowest BCUT2D eigenvalue weighted by atomic mass is 10.0. The topological polar surface area (TPSA) is 13.1 Å². The first kappa shape index (κ1) is 8.30. The fourth-order valence-corrected chi connectivity index (χ4v) is 1.98. The highest BCUT2D eigenvalue weighted by Crippen LogP contribution is 2.30. The zero-order valence-corrected chi connectivity index (χ0v) is 8.23. The van der Waals surface area contributed by atoms with Crippen molar-refractivity contribution < 1.29 is 4.42 Å². The SMILES string of the molecule is C=Cc1coc2ccc3ccccc3c12. The maximum atomic E-state index is 5.48. The second-order valence-electron chi connectivity index (χ2n) is 3.56. The monoisotopic (exact) mass is 194 g/mol. The van der Waals surface area contributed by atoms with Crippen LogP contribution >= 0.6 is 0 Å². The van der Waals surface area contributed by atoms with Crippen molar-refractivity contribution in [3.8, 4) is 0 Å². The molecule has 0 unspecified atom stereocenters. The lowest BCUT2D eigenvalue weighted by Crippen LogP contribution is -1.74. The van der Waals surface area contributed by atoms with E-state index in [0.717, 1.165) is 16.5 Å². The summed E-state index contributed by atoms with van der Waals surface area (Å²) in [5, 5.41) is 3.61. The summed E-state index contributed by atoms with van der Waals surface area (Å²) < 4.78 is 5.48. The third-order valence-corrected chi connectivity index (χ3v) is 2.71. The van der Waals surface area contributed by atoms with E-state index in [1.54, 1.807) is 6.26 Å². The van der Waals surface area contributed by atoms with Gasteiger partial charge in [-0.2, -0.15) is 0 Å². The van der Waals surface area contributed by atoms with Crippen molar-refractivity contribution >= 4 is 27.8 Å². The summed E-state index contributed by atoms with van der Waals surface area (Å²) in [6.07, 6.45) is 3.59. The molecule has 0 fully saturated rings. The molecule has 3 rings (SSSR count). The van der Waals surface area contributed by atoms with E-state index in [1.165, 1.54) is 10.8 Å². The highest BCUT2D eigenvalue weighted by Gasteiger charge is 2.06. The summed E-state index contributed by atoms with van der Waals surface area (Å²) in [6, 6.07) is 12.4. The van der Waals surface area contributed by atoms with Gasteiger partial charge >= 0.3 is 0 Å². The molecule has 1 nitrogen and oxygen atoms in total. The lowest BCUT2D eigenvalue weighted by Gasteiger charge is -1.98. The summed E-state index contributed by atoms with van der Waals surface area (Å²) in [4.78, 5) is 0. The predicted molar refractivity (Wildman–Crippen MR) is 63.8 cm³/mol. The van der Waals surface area contributed by atoms with Gasteiger partial charge in [-0.3, -0.25) is 0 Å². The molecule has 0 radical (unpaired) electrons. The van der Waals surface area contributed by atoms with Gasteiger partial charge in [0.25, 0.3) is 0 Å². The van der Waals surface area contributed by atoms with Crippen LogP contribution in [0.2, 0.25) is 0 Å². The molecule has 1 heterocycles. The van der Waals surface area contributed by atoms with E-state index >= 15 is 0 Å². The Bertz CT molecular complexity index is 647. The van der Waals surface area contributed by atoms with Crippen LogP contribution in [0.1, 0.15) is 5.56 Å². The molecule has 3 aromatic rings. The van der Waals surface area contributed by atoms with Gasteiger partial charge in [-0.25, -0.2) is 0 Å². The van der Waals surface area contributed by atoms with Gasteiger partial charge in [-0.15, -0.1) is 0 Å². The molecule has 1 heteroatoms. The number of hydrogen-bond donors (Lipinski definition) is 0. The minimum Gasteiger partial charge on any atom is -0.464 e. The molecule has 72 valence electrons. The average molecular weight is 194 g/mol. The molecule has 0 aliphatic rings. The van der Waals surface area contributed by atoms with Crippen molar-refractivity contribution in [2.24, 2.45) is 0 Å². The van der Waals surface area contributed by atoms with E-state index in [1.807, 2.05) is 24.3 Å². The van der Waals surface area contributed by atoms with Crippen molar-refractivity contribution in [2.45, 2.75) is 0 Å². The van der Waals surface area contributed by atoms with Gasteiger partial charge in [-0.05, 0) is 16.8 Å². The van der Waals surface area contributed by atoms with Crippen LogP contribution in [0.15, 0.2) is 53.7 Å². The van der Waals surface area contributed by atoms with E-state index in [0.29, 0.717) is 0 Å². The molecule has 2 aromatic carbocycles. The van der Waals surface area contributed by atoms with E-state index in [4.69, 9.17) is 4.42 Å². The molecule has 1 aromatic heterocycles. The first-order chi connectivity index (χ1) is 7.40. The summed E-state index contributed by atoms with van der Waals surface area (Å²) in [7, 11) is 0. The van der Waals surface area contributed by atoms with Crippen LogP contribution < -0.4 is 0 Å². The van der Waals surface area contributed by atoms with Crippen LogP contribution in [0.5, 0.6) is 0 Å². The average Bonchev–Trinajstić information content (AvgIpc) is 2.72. The number of fused-ring (bicyclic) bond motifs is 3. The molecule has 0 saturated carbocycles. The van der Waals surface area contributed by atoms with E-state index < -0.39 is 0 Å². The maximum Gasteiger partial charge on any atom is 0.135 e. The predicted octanol–water partition coefficient (Wildman–Crippen LogP) is 4.23. The first-order valence-corrected chi connectivity index (χ1v) is 4.91. The Morgan fingerprint density at radius 1 is 1.07 bits per heavy atom. The van der Waals surface area contributed by atoms with Crippen molar-refractivity contribution in [3.63, 3.8) is 0 Å². The first-order valence-electron chi connectivity index (χ1n) is 4.91. The molecule has 0 spiro atoms. The Balaban J connectivity index is 2.61. The van der Waals surface area contributed by atoms with E-state index in [2.05, 4.69) is 24.8 Å². The van der Waals surface area contributed by atoms with Gasteiger partial charge in [0.1, 0.15) is 5.58 Å². The fraction of sp³-hybridized carbons (Fsp3) is 0. The van der Waals surface area contributed by atoms with Gasteiger partial charge in [0.05, 0.1) is 6.26 Å². The summed E-state index contributed by atoms with van der Waals surface area (Å²) >= 11 is 0. The van der Waals surface area contributed by atoms with Crippen molar-refractivity contribution in [1.82, 2.24) is 0 Å². The largest absolute Gasteiger partial charge is 0.464 e. The minimum atomic E-state index is 0.920. The molecule has 0 aliphatic heterocycles. The number of hydrogen-bond acceptors (Lipinski definition) is 1. The Kier molecular flexibility index (Phi) is 1.65. The van der Waals surface area contributed by atoms with E-state index in [9.17, 15) is 0 Å². The van der Waals surface area contributed by atoms with Crippen LogP contribution in [-0.2, 0) is 0 Å². The molecule has 15 heavy (non-hydrogen) atoms. The van der Waals surface area contributed by atoms with Crippen LogP contribution in [0.4, 0.5) is 0 Å². The maximum absolute atomic E-state index is 5.48. The van der Waals surface area contributed by atoms with Crippen molar-refractivity contribution in [2.75, 3.05) is 0 Å². The lowest BCUT2D eigenvalue weighted by molar-refractivity contribution is 0.615. The minimum absolute atomic E-state index is 0.920. The number of benzene rings is 2. The molecular weight excluding hydrogens is 184 g/mol. The molecular formula is C14H10O. The molecule has 0 N–H and O–H groups in total. The second-order valence-corrected chi connectivity index (χ2v) is 3.56. The Morgan fingerprint density at radius 2 is 1.93 bits per heavy atom. The quantitative estimate of drug-likeness (QED) is 0.565. The van der Waals surface area contributed by atoms with Crippen LogP contribution in [-0.4, -0.2) is 0 Å². The van der Waals surface area contributed by atoms with Gasteiger partial charge in [-0.1, -0.05) is 43.0 Å². The smallest absolute Gasteiger partial charge is 0.135 e. The van der Waals surface area contributed by atoms with Crippen LogP contribution in [0.25, 0.3) is 27.8 Å². The second kappa shape index (κ2) is 2.99. The zero-order valence-electron chi connectivity index (χ0n) is 8.23. The fourth-order valence-electron chi connectivity index (χ4n) is 1.98. The Morgan fingerprint density at radius 3 is 2.80 bits per heavy atom. The summed E-state index contributed by atoms with van der Waals surface area (Å²) in [5.41, 5.74) is 1.98. The van der Waals surface area contributed by atoms with Crippen molar-refractivity contribution in [1.29, 1.82) is 0 Å². The highest BCUT2D eigenvalue weighted by molar-refractivity contribution is 6.09. The Labute approximate surface area is 87.6 Å². The van der Waals surface area contributed by atoms with Gasteiger partial charge in [0.2, 0.25) is 0 Å². The summed E-state index contributed by atoms with van der Waals surface area (Å²) in [6.45, 7) is 3.80. The van der Waals surface area contributed by atoms with Gasteiger partial charge in [0, 0.05) is 10.9 Å². The van der Waals surface area contributed by atoms with Crippen LogP contribution in [0.3, 0.4) is 0 Å². The normalized spacial score (nSPS) is 10.9. The van der Waals surface area contributed by atoms with Crippen molar-refractivity contribution in [3.05, 3.63) is 54.8 Å². The third-order valence-electron chi connectivity index (χ3n) is 2.71. The van der Waals surface area contributed by atoms with Crippen LogP contribution in [0, 0.1) is 0 Å². The van der Waals surface area contributed by atoms with Gasteiger partial charge in [0.15, 0.2) is 0 Å². The summed E-state index contributed by atoms with van der Waals surface area (Å²) in [5.74, 6) is 0. The highest BCUT2D eigenvalue weighted by atomic mass is 16.3. The third kappa shape index (κ3) is 1.10. The molecule has 0 bridgehead atoms. The molecule has 0 atom stereocenters. The zero-order chi connectivity index (χ0) is 10.3. The molecule has 0 amide bonds. The standard InChI is InChI=1S/C14H10O/c1-2-10-9-15-13-8-7-11-5-3-4-6-12(11)14(10)13/h2-9H,1H2. The molecule has 0 aliphatic carbocycles. The van der Waals surface area contributed by atoms with Gasteiger partial charge < -0.3 is 4.42 Å². The Hall–Kier alpha value is -2.02. The number of rotatable bonds is 1. The number of furan rings is 1. The molecule has 0 saturated heterocycles.